The number of hydrogen-bond donors (Lipinski definition) is 2. The first-order chi connectivity index (χ1) is 14.6. The molecule has 0 atom stereocenters. The van der Waals surface area contributed by atoms with Crippen molar-refractivity contribution < 1.29 is 18.7 Å². The number of nitrogens with one attached hydrogen (secondary N) is 2. The molecule has 0 fully saturated rings. The number of fused-ring (bicyclic) bond motifs is 1. The van der Waals surface area contributed by atoms with Gasteiger partial charge in [0.1, 0.15) is 23.9 Å². The summed E-state index contributed by atoms with van der Waals surface area (Å²) in [7, 11) is 0. The number of aromatic nitrogens is 2. The van der Waals surface area contributed by atoms with E-state index in [0.717, 1.165) is 28.3 Å². The number of aryl methyl sites for hydroxylation is 1. The van der Waals surface area contributed by atoms with Crippen LogP contribution >= 0.6 is 11.8 Å². The zero-order valence-electron chi connectivity index (χ0n) is 16.5. The van der Waals surface area contributed by atoms with Gasteiger partial charge in [0.25, 0.3) is 5.91 Å². The molecule has 1 aromatic carbocycles. The number of anilines is 1. The van der Waals surface area contributed by atoms with E-state index in [9.17, 15) is 9.59 Å². The fourth-order valence-corrected chi connectivity index (χ4v) is 4.18. The molecule has 2 amide bonds. The predicted octanol–water partition coefficient (Wildman–Crippen LogP) is 2.87. The fourth-order valence-electron chi connectivity index (χ4n) is 3.14. The standard InChI is InChI=1S/C21H22N4O4S/c1-14-5-2-3-7-18(14)29-11-20(27)23-21-16-12-30-13-17(16)24-25(21)10-19(26)22-9-15-6-4-8-28-15/h2-8H,9-13H2,1H3,(H,22,26)(H,23,27). The molecule has 2 N–H and O–H groups in total. The maximum Gasteiger partial charge on any atom is 0.263 e. The molecule has 0 bridgehead atoms. The number of rotatable bonds is 8. The second kappa shape index (κ2) is 9.08. The Hall–Kier alpha value is -3.20. The third-order valence-corrected chi connectivity index (χ3v) is 5.63. The third kappa shape index (κ3) is 4.68. The fraction of sp³-hybridized carbons (Fsp3) is 0.286. The van der Waals surface area contributed by atoms with Crippen LogP contribution in [0.15, 0.2) is 47.1 Å². The van der Waals surface area contributed by atoms with Crippen LogP contribution in [-0.4, -0.2) is 28.2 Å². The summed E-state index contributed by atoms with van der Waals surface area (Å²) in [6, 6.07) is 11.1. The van der Waals surface area contributed by atoms with E-state index in [2.05, 4.69) is 15.7 Å². The number of benzene rings is 1. The normalized spacial score (nSPS) is 12.4. The predicted molar refractivity (Wildman–Crippen MR) is 113 cm³/mol. The Balaban J connectivity index is 1.40. The minimum Gasteiger partial charge on any atom is -0.483 e. The van der Waals surface area contributed by atoms with Gasteiger partial charge in [-0.25, -0.2) is 4.68 Å². The van der Waals surface area contributed by atoms with E-state index in [4.69, 9.17) is 9.15 Å². The molecule has 9 heteroatoms. The first-order valence-electron chi connectivity index (χ1n) is 9.54. The Bertz CT molecular complexity index is 1050. The molecular weight excluding hydrogens is 404 g/mol. The van der Waals surface area contributed by atoms with Crippen LogP contribution in [-0.2, 0) is 34.2 Å². The Morgan fingerprint density at radius 1 is 1.20 bits per heavy atom. The molecule has 156 valence electrons. The molecular formula is C21H22N4O4S. The van der Waals surface area contributed by atoms with Gasteiger partial charge in [-0.2, -0.15) is 16.9 Å². The molecule has 2 aromatic heterocycles. The Labute approximate surface area is 178 Å². The minimum atomic E-state index is -0.296. The highest BCUT2D eigenvalue weighted by Gasteiger charge is 2.25. The Kier molecular flexibility index (Phi) is 6.08. The maximum atomic E-state index is 12.5. The van der Waals surface area contributed by atoms with E-state index >= 15 is 0 Å². The van der Waals surface area contributed by atoms with Crippen LogP contribution in [0.4, 0.5) is 5.82 Å². The topological polar surface area (TPSA) is 98.4 Å². The smallest absolute Gasteiger partial charge is 0.263 e. The number of nitrogens with zero attached hydrogens (tertiary/aromatic N) is 2. The summed E-state index contributed by atoms with van der Waals surface area (Å²) in [4.78, 5) is 24.9. The third-order valence-electron chi connectivity index (χ3n) is 4.66. The lowest BCUT2D eigenvalue weighted by Gasteiger charge is -2.12. The highest BCUT2D eigenvalue weighted by Crippen LogP contribution is 2.34. The van der Waals surface area contributed by atoms with Gasteiger partial charge < -0.3 is 19.8 Å². The van der Waals surface area contributed by atoms with E-state index in [1.54, 1.807) is 34.8 Å². The monoisotopic (exact) mass is 426 g/mol. The highest BCUT2D eigenvalue weighted by atomic mass is 32.2. The first-order valence-corrected chi connectivity index (χ1v) is 10.7. The van der Waals surface area contributed by atoms with Crippen LogP contribution in [0.25, 0.3) is 0 Å². The number of thioether (sulfide) groups is 1. The second-order valence-electron chi connectivity index (χ2n) is 6.88. The number of amides is 2. The number of hydrogen-bond acceptors (Lipinski definition) is 6. The SMILES string of the molecule is Cc1ccccc1OCC(=O)Nc1c2c(nn1CC(=O)NCc1ccco1)CSC2. The van der Waals surface area contributed by atoms with Crippen molar-refractivity contribution >= 4 is 29.4 Å². The van der Waals surface area contributed by atoms with Crippen LogP contribution < -0.4 is 15.4 Å². The van der Waals surface area contributed by atoms with E-state index in [1.165, 1.54) is 0 Å². The summed E-state index contributed by atoms with van der Waals surface area (Å²) >= 11 is 1.73. The average molecular weight is 426 g/mol. The van der Waals surface area contributed by atoms with Crippen LogP contribution in [0.3, 0.4) is 0 Å². The Morgan fingerprint density at radius 2 is 2.07 bits per heavy atom. The molecule has 0 aliphatic carbocycles. The van der Waals surface area contributed by atoms with Gasteiger partial charge in [-0.1, -0.05) is 18.2 Å². The molecule has 3 heterocycles. The van der Waals surface area contributed by atoms with Crippen LogP contribution in [0.1, 0.15) is 22.6 Å². The van der Waals surface area contributed by atoms with Crippen molar-refractivity contribution in [2.24, 2.45) is 0 Å². The molecule has 0 spiro atoms. The molecule has 1 aliphatic heterocycles. The van der Waals surface area contributed by atoms with Crippen molar-refractivity contribution in [3.05, 3.63) is 65.2 Å². The van der Waals surface area contributed by atoms with Gasteiger partial charge >= 0.3 is 0 Å². The second-order valence-corrected chi connectivity index (χ2v) is 7.87. The van der Waals surface area contributed by atoms with E-state index in [1.807, 2.05) is 31.2 Å². The van der Waals surface area contributed by atoms with Gasteiger partial charge in [-0.05, 0) is 30.7 Å². The molecule has 4 rings (SSSR count). The maximum absolute atomic E-state index is 12.5. The molecule has 0 unspecified atom stereocenters. The highest BCUT2D eigenvalue weighted by molar-refractivity contribution is 7.98. The number of para-hydroxylation sites is 1. The van der Waals surface area contributed by atoms with Gasteiger partial charge in [-0.15, -0.1) is 0 Å². The largest absolute Gasteiger partial charge is 0.483 e. The molecule has 1 aliphatic rings. The zero-order valence-corrected chi connectivity index (χ0v) is 17.3. The van der Waals surface area contributed by atoms with E-state index in [0.29, 0.717) is 23.9 Å². The van der Waals surface area contributed by atoms with Crippen molar-refractivity contribution in [3.8, 4) is 5.75 Å². The van der Waals surface area contributed by atoms with Crippen molar-refractivity contribution in [2.45, 2.75) is 31.5 Å². The van der Waals surface area contributed by atoms with E-state index < -0.39 is 0 Å². The lowest BCUT2D eigenvalue weighted by Crippen LogP contribution is -2.29. The van der Waals surface area contributed by atoms with Crippen LogP contribution in [0.2, 0.25) is 0 Å². The summed E-state index contributed by atoms with van der Waals surface area (Å²) in [6.07, 6.45) is 1.56. The van der Waals surface area contributed by atoms with Gasteiger partial charge in [0.05, 0.1) is 18.5 Å². The number of carbonyl (C=O) groups is 2. The molecule has 3 aromatic rings. The molecule has 0 saturated heterocycles. The zero-order chi connectivity index (χ0) is 20.9. The van der Waals surface area contributed by atoms with Crippen molar-refractivity contribution in [1.82, 2.24) is 15.1 Å². The molecule has 0 saturated carbocycles. The Morgan fingerprint density at radius 3 is 2.87 bits per heavy atom. The van der Waals surface area contributed by atoms with Gasteiger partial charge in [-0.3, -0.25) is 9.59 Å². The summed E-state index contributed by atoms with van der Waals surface area (Å²) < 4.78 is 12.4. The molecule has 8 nitrogen and oxygen atoms in total. The summed E-state index contributed by atoms with van der Waals surface area (Å²) in [5.41, 5.74) is 2.82. The number of furan rings is 1. The lowest BCUT2D eigenvalue weighted by atomic mass is 10.2. The van der Waals surface area contributed by atoms with Crippen molar-refractivity contribution in [3.63, 3.8) is 0 Å². The van der Waals surface area contributed by atoms with Gasteiger partial charge in [0.2, 0.25) is 5.91 Å². The van der Waals surface area contributed by atoms with Gasteiger partial charge in [0.15, 0.2) is 6.61 Å². The molecule has 30 heavy (non-hydrogen) atoms. The first kappa shape index (κ1) is 20.1. The number of carbonyl (C=O) groups excluding carboxylic acids is 2. The van der Waals surface area contributed by atoms with E-state index in [-0.39, 0.29) is 25.0 Å². The van der Waals surface area contributed by atoms with Crippen molar-refractivity contribution in [1.29, 1.82) is 0 Å². The van der Waals surface area contributed by atoms with Crippen LogP contribution in [0.5, 0.6) is 5.75 Å². The summed E-state index contributed by atoms with van der Waals surface area (Å²) in [5, 5.41) is 10.2. The number of ether oxygens (including phenoxy) is 1. The van der Waals surface area contributed by atoms with Crippen molar-refractivity contribution in [2.75, 3.05) is 11.9 Å². The average Bonchev–Trinajstić information content (AvgIpc) is 3.46. The quantitative estimate of drug-likeness (QED) is 0.575. The molecule has 0 radical (unpaired) electrons. The minimum absolute atomic E-state index is 0.00659. The summed E-state index contributed by atoms with van der Waals surface area (Å²) in [6.45, 7) is 2.11. The van der Waals surface area contributed by atoms with Crippen LogP contribution in [0, 0.1) is 6.92 Å². The summed E-state index contributed by atoms with van der Waals surface area (Å²) in [5.74, 6) is 2.89. The lowest BCUT2D eigenvalue weighted by molar-refractivity contribution is -0.122. The van der Waals surface area contributed by atoms with Gasteiger partial charge in [0, 0.05) is 17.1 Å².